The van der Waals surface area contributed by atoms with E-state index in [4.69, 9.17) is 0 Å². The van der Waals surface area contributed by atoms with Gasteiger partial charge in [-0.25, -0.2) is 0 Å². The number of anilines is 1. The van der Waals surface area contributed by atoms with E-state index in [2.05, 4.69) is 6.08 Å². The fraction of sp³-hybridized carbons (Fsp3) is 0.357. The fourth-order valence-electron chi connectivity index (χ4n) is 2.70. The van der Waals surface area contributed by atoms with Gasteiger partial charge in [-0.05, 0) is 43.4 Å². The molecule has 0 saturated carbocycles. The lowest BCUT2D eigenvalue weighted by Crippen LogP contribution is -2.33. The molecule has 1 aromatic rings. The Labute approximate surface area is 100 Å². The number of carbonyl (C=O) groups excluding carboxylic acids is 1. The lowest BCUT2D eigenvalue weighted by Gasteiger charge is -2.34. The van der Waals surface area contributed by atoms with Gasteiger partial charge in [-0.3, -0.25) is 4.79 Å². The van der Waals surface area contributed by atoms with Gasteiger partial charge in [0.2, 0.25) is 0 Å². The number of hydrogen-bond donors (Lipinski definition) is 0. The first-order chi connectivity index (χ1) is 8.29. The maximum Gasteiger partial charge on any atom is 0.190 e. The van der Waals surface area contributed by atoms with Crippen molar-refractivity contribution in [3.05, 3.63) is 46.7 Å². The number of para-hydroxylation sites is 1. The summed E-state index contributed by atoms with van der Waals surface area (Å²) in [6.07, 6.45) is 6.19. The van der Waals surface area contributed by atoms with Crippen LogP contribution in [0.5, 0.6) is 0 Å². The minimum atomic E-state index is -0.590. The molecule has 1 atom stereocenters. The number of ketones is 1. The molecular formula is C14H14NO2-. The van der Waals surface area contributed by atoms with Crippen molar-refractivity contribution in [1.82, 2.24) is 0 Å². The van der Waals surface area contributed by atoms with Crippen molar-refractivity contribution in [2.75, 3.05) is 5.06 Å². The predicted octanol–water partition coefficient (Wildman–Crippen LogP) is 3.06. The molecule has 2 aliphatic rings. The van der Waals surface area contributed by atoms with Gasteiger partial charge in [0.25, 0.3) is 0 Å². The first-order valence-electron chi connectivity index (χ1n) is 6.07. The molecule has 0 spiro atoms. The van der Waals surface area contributed by atoms with E-state index in [9.17, 15) is 10.0 Å². The molecule has 0 aromatic heterocycles. The normalized spacial score (nSPS) is 23.6. The van der Waals surface area contributed by atoms with Crippen LogP contribution in [0.2, 0.25) is 0 Å². The van der Waals surface area contributed by atoms with Crippen molar-refractivity contribution in [2.24, 2.45) is 0 Å². The van der Waals surface area contributed by atoms with E-state index in [1.54, 1.807) is 18.2 Å². The summed E-state index contributed by atoms with van der Waals surface area (Å²) in [5.74, 6) is -0.0382. The van der Waals surface area contributed by atoms with Crippen LogP contribution in [0.1, 0.15) is 36.0 Å². The van der Waals surface area contributed by atoms with Crippen molar-refractivity contribution in [2.45, 2.75) is 31.7 Å². The van der Waals surface area contributed by atoms with E-state index >= 15 is 0 Å². The van der Waals surface area contributed by atoms with Crippen LogP contribution in [0, 0.1) is 5.21 Å². The topological polar surface area (TPSA) is 43.4 Å². The third-order valence-electron chi connectivity index (χ3n) is 3.57. The highest BCUT2D eigenvalue weighted by atomic mass is 16.5. The zero-order chi connectivity index (χ0) is 11.8. The average molecular weight is 228 g/mol. The molecule has 0 bridgehead atoms. The molecule has 1 aliphatic heterocycles. The summed E-state index contributed by atoms with van der Waals surface area (Å²) in [5, 5.41) is 13.0. The average Bonchev–Trinajstić information content (AvgIpc) is 2.64. The van der Waals surface area contributed by atoms with Crippen LogP contribution in [-0.4, -0.2) is 11.8 Å². The molecule has 0 amide bonds. The molecule has 0 fully saturated rings. The Morgan fingerprint density at radius 2 is 2.06 bits per heavy atom. The highest BCUT2D eigenvalue weighted by molar-refractivity contribution is 6.12. The van der Waals surface area contributed by atoms with E-state index < -0.39 is 6.04 Å². The first kappa shape index (κ1) is 10.5. The highest BCUT2D eigenvalue weighted by Gasteiger charge is 2.34. The second kappa shape index (κ2) is 4.00. The number of hydrogen-bond acceptors (Lipinski definition) is 3. The Bertz CT molecular complexity index is 493. The first-order valence-corrected chi connectivity index (χ1v) is 6.07. The summed E-state index contributed by atoms with van der Waals surface area (Å²) in [6.45, 7) is 0. The Kier molecular flexibility index (Phi) is 2.48. The van der Waals surface area contributed by atoms with E-state index in [1.807, 2.05) is 6.07 Å². The standard InChI is InChI=1S/C14H14NO2/c16-14-11-8-4-5-9-12(11)15(17)13(14)10-6-2-1-3-7-10/h4-6,8-9,13H,1-3,7H2/q-1. The summed E-state index contributed by atoms with van der Waals surface area (Å²) in [7, 11) is 0. The number of allylic oxidation sites excluding steroid dienone is 1. The zero-order valence-corrected chi connectivity index (χ0v) is 9.56. The molecule has 0 saturated heterocycles. The molecule has 0 N–H and O–H groups in total. The van der Waals surface area contributed by atoms with Gasteiger partial charge in [0.05, 0.1) is 0 Å². The van der Waals surface area contributed by atoms with Gasteiger partial charge < -0.3 is 10.3 Å². The number of carbonyl (C=O) groups is 1. The molecule has 1 heterocycles. The number of fused-ring (bicyclic) bond motifs is 1. The second-order valence-electron chi connectivity index (χ2n) is 4.63. The third-order valence-corrected chi connectivity index (χ3v) is 3.57. The zero-order valence-electron chi connectivity index (χ0n) is 9.56. The summed E-state index contributed by atoms with van der Waals surface area (Å²) < 4.78 is 0. The van der Waals surface area contributed by atoms with Crippen LogP contribution >= 0.6 is 0 Å². The summed E-state index contributed by atoms with van der Waals surface area (Å²) in [5.41, 5.74) is 2.10. The van der Waals surface area contributed by atoms with Crippen molar-refractivity contribution in [3.63, 3.8) is 0 Å². The van der Waals surface area contributed by atoms with Gasteiger partial charge in [0.15, 0.2) is 5.78 Å². The van der Waals surface area contributed by atoms with E-state index in [1.165, 1.54) is 0 Å². The van der Waals surface area contributed by atoms with Crippen molar-refractivity contribution in [3.8, 4) is 0 Å². The number of Topliss-reactive ketones (excluding diaryl/α,β-unsaturated/α-hetero) is 1. The van der Waals surface area contributed by atoms with Crippen molar-refractivity contribution >= 4 is 11.5 Å². The molecule has 3 rings (SSSR count). The van der Waals surface area contributed by atoms with Crippen LogP contribution in [0.15, 0.2) is 35.9 Å². The Hall–Kier alpha value is -1.61. The van der Waals surface area contributed by atoms with E-state index in [0.717, 1.165) is 36.3 Å². The predicted molar refractivity (Wildman–Crippen MR) is 67.0 cm³/mol. The monoisotopic (exact) mass is 228 g/mol. The Balaban J connectivity index is 2.00. The summed E-state index contributed by atoms with van der Waals surface area (Å²) in [6, 6.07) is 6.49. The summed E-state index contributed by atoms with van der Waals surface area (Å²) in [4.78, 5) is 12.2. The molecule has 17 heavy (non-hydrogen) atoms. The van der Waals surface area contributed by atoms with Gasteiger partial charge in [-0.15, -0.1) is 0 Å². The molecule has 88 valence electrons. The largest absolute Gasteiger partial charge is 0.758 e. The van der Waals surface area contributed by atoms with Crippen LogP contribution in [-0.2, 0) is 0 Å². The van der Waals surface area contributed by atoms with Gasteiger partial charge in [-0.2, -0.15) is 0 Å². The molecule has 1 unspecified atom stereocenters. The molecule has 1 aliphatic carbocycles. The molecule has 0 radical (unpaired) electrons. The van der Waals surface area contributed by atoms with Gasteiger partial charge in [0, 0.05) is 11.3 Å². The second-order valence-corrected chi connectivity index (χ2v) is 4.63. The SMILES string of the molecule is O=C1c2ccccc2N([O-])C1C1=CCCCC1. The number of nitrogens with zero attached hydrogens (tertiary/aromatic N) is 1. The van der Waals surface area contributed by atoms with Crippen molar-refractivity contribution in [1.29, 1.82) is 0 Å². The lowest BCUT2D eigenvalue weighted by atomic mass is 9.91. The van der Waals surface area contributed by atoms with Gasteiger partial charge in [0.1, 0.15) is 6.04 Å². The van der Waals surface area contributed by atoms with Crippen LogP contribution < -0.4 is 5.06 Å². The van der Waals surface area contributed by atoms with Crippen molar-refractivity contribution < 1.29 is 4.79 Å². The van der Waals surface area contributed by atoms with Gasteiger partial charge in [-0.1, -0.05) is 18.2 Å². The minimum Gasteiger partial charge on any atom is -0.758 e. The van der Waals surface area contributed by atoms with Gasteiger partial charge >= 0.3 is 0 Å². The smallest absolute Gasteiger partial charge is 0.190 e. The quantitative estimate of drug-likeness (QED) is 0.694. The van der Waals surface area contributed by atoms with E-state index in [0.29, 0.717) is 11.3 Å². The highest BCUT2D eigenvalue weighted by Crippen LogP contribution is 2.36. The van der Waals surface area contributed by atoms with E-state index in [-0.39, 0.29) is 5.78 Å². The van der Waals surface area contributed by atoms with Crippen LogP contribution in [0.4, 0.5) is 5.69 Å². The number of benzene rings is 1. The number of hydroxylamine groups is 1. The third kappa shape index (κ3) is 1.58. The maximum atomic E-state index is 12.2. The molecule has 1 aromatic carbocycles. The fourth-order valence-corrected chi connectivity index (χ4v) is 2.70. The summed E-state index contributed by atoms with van der Waals surface area (Å²) >= 11 is 0. The Morgan fingerprint density at radius 1 is 1.24 bits per heavy atom. The number of rotatable bonds is 1. The van der Waals surface area contributed by atoms with Crippen LogP contribution in [0.25, 0.3) is 0 Å². The van der Waals surface area contributed by atoms with Crippen LogP contribution in [0.3, 0.4) is 0 Å². The maximum absolute atomic E-state index is 12.2. The molecule has 3 nitrogen and oxygen atoms in total. The minimum absolute atomic E-state index is 0.0382. The lowest BCUT2D eigenvalue weighted by molar-refractivity contribution is 0.0983. The molecular weight excluding hydrogens is 214 g/mol. The molecule has 3 heteroatoms. The Morgan fingerprint density at radius 3 is 2.76 bits per heavy atom.